The molecule has 13 nitrogen and oxygen atoms in total. The minimum Gasteiger partial charge on any atom is -0.465 e. The topological polar surface area (TPSA) is 174 Å². The molecule has 13 heteroatoms. The molecule has 0 fully saturated rings. The van der Waals surface area contributed by atoms with Crippen molar-refractivity contribution in [3.63, 3.8) is 0 Å². The van der Waals surface area contributed by atoms with Crippen molar-refractivity contribution in [1.82, 2.24) is 10.6 Å². The molecule has 0 aliphatic rings. The molecule has 0 heterocycles. The number of unbranched alkanes of at least 4 members (excludes halogenated alkanes) is 1. The minimum atomic E-state index is -0.815. The maximum absolute atomic E-state index is 11.8. The largest absolute Gasteiger partial charge is 0.465 e. The second-order valence-corrected chi connectivity index (χ2v) is 8.84. The van der Waals surface area contributed by atoms with Crippen molar-refractivity contribution in [1.29, 1.82) is 0 Å². The van der Waals surface area contributed by atoms with E-state index in [4.69, 9.17) is 34.2 Å². The molecular weight excluding hydrogens is 538 g/mol. The van der Waals surface area contributed by atoms with Gasteiger partial charge >= 0.3 is 11.9 Å². The summed E-state index contributed by atoms with van der Waals surface area (Å²) in [7, 11) is 0. The molecule has 1 rings (SSSR count). The molecule has 0 unspecified atom stereocenters. The van der Waals surface area contributed by atoms with Crippen LogP contribution in [0.2, 0.25) is 0 Å². The van der Waals surface area contributed by atoms with Crippen molar-refractivity contribution in [3.8, 4) is 0 Å². The lowest BCUT2D eigenvalue weighted by Crippen LogP contribution is -2.35. The highest BCUT2D eigenvalue weighted by Gasteiger charge is 2.16. The summed E-state index contributed by atoms with van der Waals surface area (Å²) in [5, 5.41) is 5.34. The van der Waals surface area contributed by atoms with Crippen molar-refractivity contribution in [2.45, 2.75) is 45.3 Å². The Hall–Kier alpha value is -3.10. The van der Waals surface area contributed by atoms with Gasteiger partial charge in [0.1, 0.15) is 25.9 Å². The highest BCUT2D eigenvalue weighted by atomic mass is 16.6. The summed E-state index contributed by atoms with van der Waals surface area (Å²) in [6, 6.07) is 8.55. The molecule has 1 aromatic carbocycles. The van der Waals surface area contributed by atoms with E-state index >= 15 is 0 Å². The zero-order chi connectivity index (χ0) is 30.0. The Kier molecular flexibility index (Phi) is 21.6. The van der Waals surface area contributed by atoms with Crippen molar-refractivity contribution >= 4 is 23.8 Å². The molecule has 0 spiro atoms. The first-order valence-electron chi connectivity index (χ1n) is 13.9. The van der Waals surface area contributed by atoms with Crippen molar-refractivity contribution < 1.29 is 47.6 Å². The van der Waals surface area contributed by atoms with Crippen molar-refractivity contribution in [2.75, 3.05) is 72.6 Å². The number of carbonyl (C=O) groups is 4. The number of nitrogens with two attached hydrogens (primary N) is 1. The number of esters is 2. The first kappa shape index (κ1) is 35.9. The van der Waals surface area contributed by atoms with Crippen LogP contribution >= 0.6 is 0 Å². The number of rotatable bonds is 25. The number of nitrogens with one attached hydrogen (secondary N) is 2. The Labute approximate surface area is 241 Å². The van der Waals surface area contributed by atoms with E-state index in [9.17, 15) is 19.2 Å². The third-order valence-electron chi connectivity index (χ3n) is 5.30. The second kappa shape index (κ2) is 24.7. The molecule has 1 atom stereocenters. The fourth-order valence-corrected chi connectivity index (χ4v) is 3.03. The van der Waals surface area contributed by atoms with Crippen molar-refractivity contribution in [3.05, 3.63) is 35.9 Å². The molecule has 1 aromatic rings. The predicted molar refractivity (Wildman–Crippen MR) is 149 cm³/mol. The van der Waals surface area contributed by atoms with E-state index in [-0.39, 0.29) is 84.1 Å². The summed E-state index contributed by atoms with van der Waals surface area (Å²) in [6.45, 7) is 4.43. The molecule has 0 saturated carbocycles. The molecule has 0 radical (unpaired) electrons. The Morgan fingerprint density at radius 3 is 2.02 bits per heavy atom. The van der Waals surface area contributed by atoms with Gasteiger partial charge in [0.15, 0.2) is 0 Å². The highest BCUT2D eigenvalue weighted by molar-refractivity contribution is 5.79. The van der Waals surface area contributed by atoms with Crippen LogP contribution < -0.4 is 16.4 Å². The molecule has 0 saturated heterocycles. The lowest BCUT2D eigenvalue weighted by Gasteiger charge is -2.11. The average molecular weight is 584 g/mol. The third-order valence-corrected chi connectivity index (χ3v) is 5.30. The number of carbonyl (C=O) groups excluding carboxylic acids is 4. The van der Waals surface area contributed by atoms with Gasteiger partial charge in [0.05, 0.1) is 46.2 Å². The van der Waals surface area contributed by atoms with Gasteiger partial charge in [0.2, 0.25) is 11.8 Å². The maximum atomic E-state index is 11.8. The van der Waals surface area contributed by atoms with E-state index in [0.717, 1.165) is 18.4 Å². The van der Waals surface area contributed by atoms with E-state index < -0.39 is 18.0 Å². The smallest absolute Gasteiger partial charge is 0.332 e. The van der Waals surface area contributed by atoms with Gasteiger partial charge in [-0.3, -0.25) is 14.4 Å². The lowest BCUT2D eigenvalue weighted by molar-refractivity contribution is -0.151. The second-order valence-electron chi connectivity index (χ2n) is 8.84. The van der Waals surface area contributed by atoms with Gasteiger partial charge in [0, 0.05) is 19.5 Å². The molecule has 0 aliphatic heterocycles. The van der Waals surface area contributed by atoms with Crippen LogP contribution in [-0.2, 0) is 54.2 Å². The summed E-state index contributed by atoms with van der Waals surface area (Å²) < 4.78 is 31.3. The average Bonchev–Trinajstić information content (AvgIpc) is 2.98. The SMILES string of the molecule is CCCCOC(=O)[C@@H](N)CCC(=O)NCCOCCOCC(=O)NCCOCCOCC(=O)OCc1ccccc1. The Morgan fingerprint density at radius 1 is 0.756 bits per heavy atom. The summed E-state index contributed by atoms with van der Waals surface area (Å²) in [4.78, 5) is 46.9. The Balaban J connectivity index is 1.85. The predicted octanol–water partition coefficient (Wildman–Crippen LogP) is 0.479. The van der Waals surface area contributed by atoms with Gasteiger partial charge in [-0.1, -0.05) is 43.7 Å². The monoisotopic (exact) mass is 583 g/mol. The van der Waals surface area contributed by atoms with Crippen LogP contribution in [0.5, 0.6) is 0 Å². The summed E-state index contributed by atoms with van der Waals surface area (Å²) in [6.07, 6.45) is 2.03. The highest BCUT2D eigenvalue weighted by Crippen LogP contribution is 2.01. The summed E-state index contributed by atoms with van der Waals surface area (Å²) >= 11 is 0. The normalized spacial score (nSPS) is 11.5. The molecule has 2 amide bonds. The van der Waals surface area contributed by atoms with Crippen LogP contribution in [0.1, 0.15) is 38.2 Å². The van der Waals surface area contributed by atoms with E-state index in [1.54, 1.807) is 0 Å². The summed E-state index contributed by atoms with van der Waals surface area (Å²) in [5.74, 6) is -1.46. The number of amides is 2. The molecular formula is C28H45N3O10. The number of benzene rings is 1. The van der Waals surface area contributed by atoms with Gasteiger partial charge < -0.3 is 44.8 Å². The Bertz CT molecular complexity index is 857. The van der Waals surface area contributed by atoms with Crippen LogP contribution in [-0.4, -0.2) is 102 Å². The van der Waals surface area contributed by atoms with Crippen LogP contribution in [0.15, 0.2) is 30.3 Å². The van der Waals surface area contributed by atoms with Gasteiger partial charge in [-0.05, 0) is 18.4 Å². The maximum Gasteiger partial charge on any atom is 0.332 e. The van der Waals surface area contributed by atoms with E-state index in [2.05, 4.69) is 10.6 Å². The van der Waals surface area contributed by atoms with Crippen molar-refractivity contribution in [2.24, 2.45) is 5.73 Å². The van der Waals surface area contributed by atoms with Gasteiger partial charge in [0.25, 0.3) is 0 Å². The number of hydrogen-bond acceptors (Lipinski definition) is 11. The van der Waals surface area contributed by atoms with E-state index in [1.165, 1.54) is 0 Å². The van der Waals surface area contributed by atoms with E-state index in [0.29, 0.717) is 19.7 Å². The number of hydrogen-bond donors (Lipinski definition) is 3. The molecule has 0 aliphatic carbocycles. The standard InChI is InChI=1S/C28H45N3O10/c1-2-3-13-40-28(35)24(29)9-10-25(32)30-11-14-36-16-18-38-21-26(33)31-12-15-37-17-19-39-22-27(34)41-20-23-7-5-4-6-8-23/h4-8,24H,2-3,9-22,29H2,1H3,(H,30,32)(H,31,33)/t24-/m0/s1. The Morgan fingerprint density at radius 2 is 1.37 bits per heavy atom. The minimum absolute atomic E-state index is 0.116. The number of ether oxygens (including phenoxy) is 6. The first-order chi connectivity index (χ1) is 19.9. The van der Waals surface area contributed by atoms with E-state index in [1.807, 2.05) is 37.3 Å². The van der Waals surface area contributed by atoms with Gasteiger partial charge in [-0.2, -0.15) is 0 Å². The lowest BCUT2D eigenvalue weighted by atomic mass is 10.1. The molecule has 0 bridgehead atoms. The molecule has 4 N–H and O–H groups in total. The van der Waals surface area contributed by atoms with Gasteiger partial charge in [-0.25, -0.2) is 4.79 Å². The molecule has 41 heavy (non-hydrogen) atoms. The van der Waals surface area contributed by atoms with Crippen LogP contribution in [0, 0.1) is 0 Å². The fourth-order valence-electron chi connectivity index (χ4n) is 3.03. The molecule has 232 valence electrons. The van der Waals surface area contributed by atoms with Crippen LogP contribution in [0.25, 0.3) is 0 Å². The zero-order valence-corrected chi connectivity index (χ0v) is 23.9. The molecule has 0 aromatic heterocycles. The third kappa shape index (κ3) is 21.3. The van der Waals surface area contributed by atoms with Gasteiger partial charge in [-0.15, -0.1) is 0 Å². The first-order valence-corrected chi connectivity index (χ1v) is 13.9. The zero-order valence-electron chi connectivity index (χ0n) is 23.9. The summed E-state index contributed by atoms with van der Waals surface area (Å²) in [5.41, 5.74) is 6.64. The quantitative estimate of drug-likeness (QED) is 0.108. The van der Waals surface area contributed by atoms with Crippen LogP contribution in [0.3, 0.4) is 0 Å². The van der Waals surface area contributed by atoms with Crippen LogP contribution in [0.4, 0.5) is 0 Å². The fraction of sp³-hybridized carbons (Fsp3) is 0.643.